The first kappa shape index (κ1) is 16.8. The Morgan fingerprint density at radius 1 is 1.10 bits per heavy atom. The first-order valence-corrected chi connectivity index (χ1v) is 8.92. The summed E-state index contributed by atoms with van der Waals surface area (Å²) in [6.45, 7) is 2.38. The fourth-order valence-corrected chi connectivity index (χ4v) is 3.63. The smallest absolute Gasteiger partial charge is 0.222 e. The molecule has 4 nitrogen and oxygen atoms in total. The lowest BCUT2D eigenvalue weighted by molar-refractivity contribution is -0.135. The minimum atomic E-state index is 0.311. The number of carbonyl (C=O) groups is 1. The van der Waals surface area contributed by atoms with Crippen molar-refractivity contribution in [3.05, 3.63) is 0 Å². The van der Waals surface area contributed by atoms with Gasteiger partial charge in [0.1, 0.15) is 0 Å². The highest BCUT2D eigenvalue weighted by Crippen LogP contribution is 2.24. The number of nitrogens with two attached hydrogens (primary N) is 1. The zero-order valence-electron chi connectivity index (χ0n) is 13.4. The zero-order chi connectivity index (χ0) is 14.9. The minimum absolute atomic E-state index is 0.311. The third kappa shape index (κ3) is 5.59. The molecule has 2 aliphatic rings. The van der Waals surface area contributed by atoms with Gasteiger partial charge in [-0.25, -0.2) is 0 Å². The number of ether oxygens (including phenoxy) is 1. The maximum atomic E-state index is 12.6. The maximum absolute atomic E-state index is 12.6. The van der Waals surface area contributed by atoms with Crippen molar-refractivity contribution in [1.29, 1.82) is 0 Å². The lowest BCUT2D eigenvalue weighted by Crippen LogP contribution is -2.42. The van der Waals surface area contributed by atoms with Crippen LogP contribution in [-0.2, 0) is 9.53 Å². The van der Waals surface area contributed by atoms with Gasteiger partial charge in [0.2, 0.25) is 5.91 Å². The van der Waals surface area contributed by atoms with Crippen LogP contribution in [0, 0.1) is 0 Å². The highest BCUT2D eigenvalue weighted by atomic mass is 16.5. The molecule has 1 aliphatic heterocycles. The number of hydrogen-bond donors (Lipinski definition) is 1. The molecule has 21 heavy (non-hydrogen) atoms. The van der Waals surface area contributed by atoms with Crippen molar-refractivity contribution in [3.63, 3.8) is 0 Å². The van der Waals surface area contributed by atoms with Gasteiger partial charge in [-0.15, -0.1) is 0 Å². The van der Waals surface area contributed by atoms with Gasteiger partial charge in [0.25, 0.3) is 0 Å². The van der Waals surface area contributed by atoms with E-state index in [2.05, 4.69) is 4.90 Å². The molecular formula is C17H32N2O2. The number of nitrogens with zero attached hydrogens (tertiary/aromatic N) is 1. The van der Waals surface area contributed by atoms with Crippen LogP contribution in [0.2, 0.25) is 0 Å². The standard InChI is InChI=1S/C17H32N2O2/c18-12-6-13-19(15-7-2-1-3-8-15)17(20)11-10-16-9-4-5-14-21-16/h15-16H,1-14,18H2. The summed E-state index contributed by atoms with van der Waals surface area (Å²) < 4.78 is 5.74. The predicted molar refractivity (Wildman–Crippen MR) is 85.1 cm³/mol. The van der Waals surface area contributed by atoms with Crippen molar-refractivity contribution in [2.45, 2.75) is 82.8 Å². The molecule has 1 atom stereocenters. The summed E-state index contributed by atoms with van der Waals surface area (Å²) in [6, 6.07) is 0.463. The van der Waals surface area contributed by atoms with Gasteiger partial charge in [-0.1, -0.05) is 19.3 Å². The van der Waals surface area contributed by atoms with E-state index in [1.165, 1.54) is 44.9 Å². The van der Waals surface area contributed by atoms with E-state index in [4.69, 9.17) is 10.5 Å². The van der Waals surface area contributed by atoms with Gasteiger partial charge in [0.15, 0.2) is 0 Å². The van der Waals surface area contributed by atoms with Crippen molar-refractivity contribution in [2.24, 2.45) is 5.73 Å². The third-order valence-electron chi connectivity index (χ3n) is 4.89. The number of amides is 1. The van der Waals surface area contributed by atoms with E-state index < -0.39 is 0 Å². The molecule has 2 N–H and O–H groups in total. The highest BCUT2D eigenvalue weighted by Gasteiger charge is 2.25. The molecule has 1 amide bonds. The largest absolute Gasteiger partial charge is 0.378 e. The van der Waals surface area contributed by atoms with E-state index in [0.29, 0.717) is 31.0 Å². The fourth-order valence-electron chi connectivity index (χ4n) is 3.63. The normalized spacial score (nSPS) is 24.0. The second-order valence-corrected chi connectivity index (χ2v) is 6.55. The van der Waals surface area contributed by atoms with E-state index >= 15 is 0 Å². The van der Waals surface area contributed by atoms with Crippen molar-refractivity contribution < 1.29 is 9.53 Å². The Hall–Kier alpha value is -0.610. The number of hydrogen-bond acceptors (Lipinski definition) is 3. The second kappa shape index (κ2) is 9.42. The molecule has 122 valence electrons. The summed E-state index contributed by atoms with van der Waals surface area (Å²) in [5.41, 5.74) is 5.64. The van der Waals surface area contributed by atoms with Crippen molar-refractivity contribution in [1.82, 2.24) is 4.90 Å². The highest BCUT2D eigenvalue weighted by molar-refractivity contribution is 5.76. The molecule has 0 aromatic heterocycles. The van der Waals surface area contributed by atoms with Crippen LogP contribution in [0.15, 0.2) is 0 Å². The van der Waals surface area contributed by atoms with Crippen LogP contribution in [0.25, 0.3) is 0 Å². The molecule has 2 fully saturated rings. The fraction of sp³-hybridized carbons (Fsp3) is 0.941. The molecule has 1 saturated heterocycles. The lowest BCUT2D eigenvalue weighted by Gasteiger charge is -2.35. The molecule has 1 aliphatic carbocycles. The van der Waals surface area contributed by atoms with Gasteiger partial charge >= 0.3 is 0 Å². The molecule has 0 spiro atoms. The van der Waals surface area contributed by atoms with E-state index in [9.17, 15) is 4.79 Å². The maximum Gasteiger partial charge on any atom is 0.222 e. The van der Waals surface area contributed by atoms with Crippen LogP contribution in [0.1, 0.15) is 70.6 Å². The Bertz CT molecular complexity index is 297. The van der Waals surface area contributed by atoms with Crippen LogP contribution >= 0.6 is 0 Å². The van der Waals surface area contributed by atoms with E-state index in [0.717, 1.165) is 32.4 Å². The third-order valence-corrected chi connectivity index (χ3v) is 4.89. The molecule has 1 unspecified atom stereocenters. The predicted octanol–water partition coefficient (Wildman–Crippen LogP) is 2.85. The molecule has 1 saturated carbocycles. The first-order chi connectivity index (χ1) is 10.3. The SMILES string of the molecule is NCCCN(C(=O)CCC1CCCCO1)C1CCCCC1. The Morgan fingerprint density at radius 2 is 1.86 bits per heavy atom. The van der Waals surface area contributed by atoms with E-state index in [1.54, 1.807) is 0 Å². The minimum Gasteiger partial charge on any atom is -0.378 e. The Balaban J connectivity index is 1.80. The summed E-state index contributed by atoms with van der Waals surface area (Å²) in [6.07, 6.45) is 12.5. The van der Waals surface area contributed by atoms with Crippen LogP contribution in [0.5, 0.6) is 0 Å². The Labute approximate surface area is 129 Å². The van der Waals surface area contributed by atoms with Crippen molar-refractivity contribution in [3.8, 4) is 0 Å². The Morgan fingerprint density at radius 3 is 2.52 bits per heavy atom. The van der Waals surface area contributed by atoms with Crippen LogP contribution in [0.4, 0.5) is 0 Å². The monoisotopic (exact) mass is 296 g/mol. The van der Waals surface area contributed by atoms with Gasteiger partial charge < -0.3 is 15.4 Å². The average molecular weight is 296 g/mol. The van der Waals surface area contributed by atoms with Crippen LogP contribution in [-0.4, -0.2) is 42.6 Å². The summed E-state index contributed by atoms with van der Waals surface area (Å²) in [5.74, 6) is 0.324. The van der Waals surface area contributed by atoms with E-state index in [1.807, 2.05) is 0 Å². The van der Waals surface area contributed by atoms with Gasteiger partial charge in [0.05, 0.1) is 6.10 Å². The van der Waals surface area contributed by atoms with Gasteiger partial charge in [-0.2, -0.15) is 0 Å². The summed E-state index contributed by atoms with van der Waals surface area (Å²) in [4.78, 5) is 14.8. The second-order valence-electron chi connectivity index (χ2n) is 6.55. The molecular weight excluding hydrogens is 264 g/mol. The molecule has 2 rings (SSSR count). The molecule has 0 radical (unpaired) electrons. The van der Waals surface area contributed by atoms with Crippen molar-refractivity contribution in [2.75, 3.05) is 19.7 Å². The van der Waals surface area contributed by atoms with Gasteiger partial charge in [0, 0.05) is 25.6 Å². The van der Waals surface area contributed by atoms with Crippen LogP contribution in [0.3, 0.4) is 0 Å². The quantitative estimate of drug-likeness (QED) is 0.786. The van der Waals surface area contributed by atoms with Gasteiger partial charge in [-0.05, 0) is 51.5 Å². The topological polar surface area (TPSA) is 55.6 Å². The summed E-state index contributed by atoms with van der Waals surface area (Å²) in [7, 11) is 0. The van der Waals surface area contributed by atoms with E-state index in [-0.39, 0.29) is 0 Å². The molecule has 0 bridgehead atoms. The molecule has 1 heterocycles. The lowest BCUT2D eigenvalue weighted by atomic mass is 9.93. The summed E-state index contributed by atoms with van der Waals surface area (Å²) >= 11 is 0. The van der Waals surface area contributed by atoms with Crippen molar-refractivity contribution >= 4 is 5.91 Å². The van der Waals surface area contributed by atoms with Crippen LogP contribution < -0.4 is 5.73 Å². The Kier molecular flexibility index (Phi) is 7.51. The number of rotatable bonds is 7. The molecule has 4 heteroatoms. The summed E-state index contributed by atoms with van der Waals surface area (Å²) in [5, 5.41) is 0. The number of carbonyl (C=O) groups excluding carboxylic acids is 1. The molecule has 0 aromatic rings. The zero-order valence-corrected chi connectivity index (χ0v) is 13.4. The van der Waals surface area contributed by atoms with Gasteiger partial charge in [-0.3, -0.25) is 4.79 Å². The average Bonchev–Trinajstić information content (AvgIpc) is 2.55. The molecule has 0 aromatic carbocycles. The first-order valence-electron chi connectivity index (χ1n) is 8.92.